The van der Waals surface area contributed by atoms with Crippen molar-refractivity contribution in [1.82, 2.24) is 10.6 Å². The second-order valence-electron chi connectivity index (χ2n) is 3.64. The van der Waals surface area contributed by atoms with Crippen LogP contribution in [0.3, 0.4) is 0 Å². The average Bonchev–Trinajstić information content (AvgIpc) is 2.32. The van der Waals surface area contributed by atoms with Gasteiger partial charge in [-0.15, -0.1) is 0 Å². The van der Waals surface area contributed by atoms with Crippen molar-refractivity contribution in [1.29, 1.82) is 0 Å². The molecule has 5 heteroatoms. The van der Waals surface area contributed by atoms with Crippen molar-refractivity contribution >= 4 is 11.8 Å². The van der Waals surface area contributed by atoms with Gasteiger partial charge in [-0.05, 0) is 30.7 Å². The first-order chi connectivity index (χ1) is 8.04. The van der Waals surface area contributed by atoms with E-state index in [9.17, 15) is 14.0 Å². The number of hydrogen-bond donors (Lipinski definition) is 2. The quantitative estimate of drug-likeness (QED) is 0.822. The van der Waals surface area contributed by atoms with Crippen molar-refractivity contribution in [2.75, 3.05) is 13.6 Å². The van der Waals surface area contributed by atoms with Gasteiger partial charge in [0.25, 0.3) is 5.91 Å². The van der Waals surface area contributed by atoms with Crippen LogP contribution in [-0.4, -0.2) is 25.4 Å². The number of carbonyl (C=O) groups excluding carboxylic acids is 2. The van der Waals surface area contributed by atoms with Crippen LogP contribution in [0, 0.1) is 12.7 Å². The summed E-state index contributed by atoms with van der Waals surface area (Å²) in [6, 6.07) is 4.14. The molecular weight excluding hydrogens is 223 g/mol. The molecule has 0 radical (unpaired) electrons. The molecule has 1 aromatic carbocycles. The third-order valence-electron chi connectivity index (χ3n) is 2.34. The van der Waals surface area contributed by atoms with Crippen LogP contribution >= 0.6 is 0 Å². The van der Waals surface area contributed by atoms with E-state index in [1.807, 2.05) is 0 Å². The Morgan fingerprint density at radius 3 is 2.65 bits per heavy atom. The molecule has 2 amide bonds. The van der Waals surface area contributed by atoms with Gasteiger partial charge in [0, 0.05) is 25.6 Å². The Balaban J connectivity index is 2.52. The number of amides is 2. The number of halogens is 1. The van der Waals surface area contributed by atoms with Gasteiger partial charge in [-0.3, -0.25) is 9.59 Å². The Morgan fingerprint density at radius 2 is 2.06 bits per heavy atom. The van der Waals surface area contributed by atoms with Crippen LogP contribution in [0.15, 0.2) is 18.2 Å². The largest absolute Gasteiger partial charge is 0.359 e. The van der Waals surface area contributed by atoms with Gasteiger partial charge in [0.2, 0.25) is 5.91 Å². The molecule has 0 aliphatic heterocycles. The van der Waals surface area contributed by atoms with E-state index in [1.165, 1.54) is 25.2 Å². The summed E-state index contributed by atoms with van der Waals surface area (Å²) in [7, 11) is 1.54. The summed E-state index contributed by atoms with van der Waals surface area (Å²) in [4.78, 5) is 22.5. The summed E-state index contributed by atoms with van der Waals surface area (Å²) < 4.78 is 13.0. The minimum absolute atomic E-state index is 0.138. The van der Waals surface area contributed by atoms with Gasteiger partial charge in [0.05, 0.1) is 0 Å². The van der Waals surface area contributed by atoms with Crippen LogP contribution in [0.2, 0.25) is 0 Å². The van der Waals surface area contributed by atoms with Gasteiger partial charge in [-0.1, -0.05) is 0 Å². The SMILES string of the molecule is CNC(=O)CCNC(=O)c1ccc(F)c(C)c1. The van der Waals surface area contributed by atoms with Gasteiger partial charge in [0.15, 0.2) is 0 Å². The van der Waals surface area contributed by atoms with E-state index >= 15 is 0 Å². The zero-order chi connectivity index (χ0) is 12.8. The Labute approximate surface area is 99.2 Å². The Kier molecular flexibility index (Phi) is 4.63. The summed E-state index contributed by atoms with van der Waals surface area (Å²) in [5, 5.41) is 5.04. The first kappa shape index (κ1) is 13.2. The number of hydrogen-bond acceptors (Lipinski definition) is 2. The predicted molar refractivity (Wildman–Crippen MR) is 62.2 cm³/mol. The van der Waals surface area contributed by atoms with Crippen LogP contribution in [0.5, 0.6) is 0 Å². The summed E-state index contributed by atoms with van der Waals surface area (Å²) in [5.74, 6) is -0.787. The Bertz CT molecular complexity index is 433. The molecule has 17 heavy (non-hydrogen) atoms. The Hall–Kier alpha value is -1.91. The molecule has 2 N–H and O–H groups in total. The highest BCUT2D eigenvalue weighted by Crippen LogP contribution is 2.08. The van der Waals surface area contributed by atoms with Crippen LogP contribution in [0.1, 0.15) is 22.3 Å². The van der Waals surface area contributed by atoms with Gasteiger partial charge in [-0.25, -0.2) is 4.39 Å². The summed E-state index contributed by atoms with van der Waals surface area (Å²) in [6.07, 6.45) is 0.225. The van der Waals surface area contributed by atoms with Crippen molar-refractivity contribution in [2.45, 2.75) is 13.3 Å². The molecule has 0 fully saturated rings. The highest BCUT2D eigenvalue weighted by atomic mass is 19.1. The lowest BCUT2D eigenvalue weighted by Crippen LogP contribution is -2.29. The third kappa shape index (κ3) is 3.86. The fraction of sp³-hybridized carbons (Fsp3) is 0.333. The minimum atomic E-state index is -0.341. The molecule has 0 saturated heterocycles. The second-order valence-corrected chi connectivity index (χ2v) is 3.64. The Morgan fingerprint density at radius 1 is 1.35 bits per heavy atom. The normalized spacial score (nSPS) is 9.82. The lowest BCUT2D eigenvalue weighted by atomic mass is 10.1. The minimum Gasteiger partial charge on any atom is -0.359 e. The fourth-order valence-electron chi connectivity index (χ4n) is 1.30. The topological polar surface area (TPSA) is 58.2 Å². The third-order valence-corrected chi connectivity index (χ3v) is 2.34. The van der Waals surface area contributed by atoms with Crippen molar-refractivity contribution in [3.05, 3.63) is 35.1 Å². The van der Waals surface area contributed by atoms with Crippen molar-refractivity contribution in [3.8, 4) is 0 Å². The first-order valence-corrected chi connectivity index (χ1v) is 5.29. The smallest absolute Gasteiger partial charge is 0.251 e. The number of nitrogens with one attached hydrogen (secondary N) is 2. The number of aryl methyl sites for hydroxylation is 1. The second kappa shape index (κ2) is 5.98. The summed E-state index contributed by atoms with van der Waals surface area (Å²) in [6.45, 7) is 1.85. The molecule has 0 aromatic heterocycles. The number of carbonyl (C=O) groups is 2. The lowest BCUT2D eigenvalue weighted by Gasteiger charge is -2.05. The molecule has 4 nitrogen and oxygen atoms in total. The maximum absolute atomic E-state index is 13.0. The molecule has 92 valence electrons. The zero-order valence-corrected chi connectivity index (χ0v) is 9.84. The van der Waals surface area contributed by atoms with Crippen LogP contribution < -0.4 is 10.6 Å². The van der Waals surface area contributed by atoms with Crippen molar-refractivity contribution < 1.29 is 14.0 Å². The molecule has 0 bridgehead atoms. The van der Waals surface area contributed by atoms with E-state index in [0.717, 1.165) is 0 Å². The van der Waals surface area contributed by atoms with E-state index < -0.39 is 0 Å². The molecule has 0 heterocycles. The van der Waals surface area contributed by atoms with E-state index in [2.05, 4.69) is 10.6 Å². The maximum Gasteiger partial charge on any atom is 0.251 e. The standard InChI is InChI=1S/C12H15FN2O2/c1-8-7-9(3-4-10(8)13)12(17)15-6-5-11(16)14-2/h3-4,7H,5-6H2,1-2H3,(H,14,16)(H,15,17). The molecule has 0 saturated carbocycles. The average molecular weight is 238 g/mol. The van der Waals surface area contributed by atoms with Crippen LogP contribution in [-0.2, 0) is 4.79 Å². The molecule has 0 aliphatic rings. The molecule has 0 spiro atoms. The monoisotopic (exact) mass is 238 g/mol. The molecule has 0 unspecified atom stereocenters. The molecule has 1 aromatic rings. The molecular formula is C12H15FN2O2. The first-order valence-electron chi connectivity index (χ1n) is 5.29. The molecule has 0 atom stereocenters. The van der Waals surface area contributed by atoms with E-state index in [4.69, 9.17) is 0 Å². The number of rotatable bonds is 4. The molecule has 1 rings (SSSR count). The van der Waals surface area contributed by atoms with E-state index in [0.29, 0.717) is 11.1 Å². The van der Waals surface area contributed by atoms with Crippen molar-refractivity contribution in [2.24, 2.45) is 0 Å². The zero-order valence-electron chi connectivity index (χ0n) is 9.84. The highest BCUT2D eigenvalue weighted by molar-refractivity contribution is 5.94. The van der Waals surface area contributed by atoms with Crippen molar-refractivity contribution in [3.63, 3.8) is 0 Å². The van der Waals surface area contributed by atoms with Gasteiger partial charge in [-0.2, -0.15) is 0 Å². The fourth-order valence-corrected chi connectivity index (χ4v) is 1.30. The molecule has 0 aliphatic carbocycles. The lowest BCUT2D eigenvalue weighted by molar-refractivity contribution is -0.120. The van der Waals surface area contributed by atoms with Crippen LogP contribution in [0.4, 0.5) is 4.39 Å². The van der Waals surface area contributed by atoms with E-state index in [1.54, 1.807) is 6.92 Å². The summed E-state index contributed by atoms with van der Waals surface area (Å²) in [5.41, 5.74) is 0.810. The van der Waals surface area contributed by atoms with Gasteiger partial charge < -0.3 is 10.6 Å². The van der Waals surface area contributed by atoms with Gasteiger partial charge in [0.1, 0.15) is 5.82 Å². The van der Waals surface area contributed by atoms with Gasteiger partial charge >= 0.3 is 0 Å². The maximum atomic E-state index is 13.0. The predicted octanol–water partition coefficient (Wildman–Crippen LogP) is 1.00. The number of benzene rings is 1. The highest BCUT2D eigenvalue weighted by Gasteiger charge is 2.07. The van der Waals surface area contributed by atoms with E-state index in [-0.39, 0.29) is 30.6 Å². The van der Waals surface area contributed by atoms with Crippen LogP contribution in [0.25, 0.3) is 0 Å². The summed E-state index contributed by atoms with van der Waals surface area (Å²) >= 11 is 0.